The predicted octanol–water partition coefficient (Wildman–Crippen LogP) is 2.95. The van der Waals surface area contributed by atoms with Crippen LogP contribution >= 0.6 is 11.8 Å². The molecule has 0 saturated carbocycles. The first kappa shape index (κ1) is 18.5. The molecule has 1 aliphatic heterocycles. The van der Waals surface area contributed by atoms with Crippen molar-refractivity contribution in [1.82, 2.24) is 5.32 Å². The highest BCUT2D eigenvalue weighted by molar-refractivity contribution is 8.24. The lowest BCUT2D eigenvalue weighted by atomic mass is 10.0. The molecule has 3 rings (SSSR count). The fourth-order valence-corrected chi connectivity index (χ4v) is 5.35. The summed E-state index contributed by atoms with van der Waals surface area (Å²) in [6, 6.07) is 5.39. The molecule has 0 aromatic heterocycles. The molecule has 1 saturated heterocycles. The minimum Gasteiger partial charge on any atom is -0.496 e. The minimum absolute atomic E-state index is 0.00827. The number of nitrogens with one attached hydrogen (secondary N) is 1. The normalized spacial score (nSPS) is 18.2. The van der Waals surface area contributed by atoms with Crippen LogP contribution in [0.2, 0.25) is 0 Å². The van der Waals surface area contributed by atoms with E-state index < -0.39 is 43.1 Å². The topological polar surface area (TPSA) is 89.5 Å². The van der Waals surface area contributed by atoms with Gasteiger partial charge in [0.2, 0.25) is 0 Å². The summed E-state index contributed by atoms with van der Waals surface area (Å²) in [7, 11) is -3.16. The van der Waals surface area contributed by atoms with E-state index in [1.165, 1.54) is 6.07 Å². The van der Waals surface area contributed by atoms with Crippen molar-refractivity contribution in [2.45, 2.75) is 15.7 Å². The third kappa shape index (κ3) is 3.01. The second kappa shape index (κ2) is 6.16. The van der Waals surface area contributed by atoms with E-state index in [0.29, 0.717) is 11.8 Å². The Morgan fingerprint density at radius 1 is 1.15 bits per heavy atom. The smallest absolute Gasteiger partial charge is 0.420 e. The number of hydrogen-bond acceptors (Lipinski definition) is 6. The van der Waals surface area contributed by atoms with Gasteiger partial charge in [0.05, 0.1) is 12.0 Å². The molecule has 26 heavy (non-hydrogen) atoms. The Morgan fingerprint density at radius 3 is 2.38 bits per heavy atom. The third-order valence-corrected chi connectivity index (χ3v) is 7.20. The predicted molar refractivity (Wildman–Crippen MR) is 87.6 cm³/mol. The largest absolute Gasteiger partial charge is 0.496 e. The fourth-order valence-electron chi connectivity index (χ4n) is 2.59. The lowest BCUT2D eigenvalue weighted by molar-refractivity contribution is -0.137. The van der Waals surface area contributed by atoms with Crippen molar-refractivity contribution in [3.63, 3.8) is 0 Å². The molecular weight excluding hydrogens is 395 g/mol. The van der Waals surface area contributed by atoms with E-state index in [4.69, 9.17) is 4.74 Å². The first-order chi connectivity index (χ1) is 12.1. The van der Waals surface area contributed by atoms with Crippen LogP contribution in [0.25, 0.3) is 10.8 Å². The number of hydrogen-bond donors (Lipinski definition) is 1. The Labute approximate surface area is 149 Å². The molecule has 1 N–H and O–H groups in total. The van der Waals surface area contributed by atoms with Gasteiger partial charge < -0.3 is 4.74 Å². The average molecular weight is 405 g/mol. The lowest BCUT2D eigenvalue weighted by Gasteiger charge is -2.16. The SMILES string of the molecule is COc1ccc2cc(S(=O)(=O)C3SC(=O)NC3=O)ccc2c1C(F)(F)F. The molecule has 0 bridgehead atoms. The van der Waals surface area contributed by atoms with Gasteiger partial charge in [0, 0.05) is 0 Å². The summed E-state index contributed by atoms with van der Waals surface area (Å²) in [5.41, 5.74) is -1.02. The second-order valence-electron chi connectivity index (χ2n) is 5.30. The number of fused-ring (bicyclic) bond motifs is 1. The van der Waals surface area contributed by atoms with E-state index in [2.05, 4.69) is 0 Å². The van der Waals surface area contributed by atoms with E-state index in [1.54, 1.807) is 0 Å². The van der Waals surface area contributed by atoms with E-state index >= 15 is 0 Å². The average Bonchev–Trinajstić information content (AvgIpc) is 2.91. The molecular formula is C15H10F3NO5S2. The number of benzene rings is 2. The van der Waals surface area contributed by atoms with Crippen LogP contribution in [0.5, 0.6) is 5.75 Å². The Kier molecular flexibility index (Phi) is 4.39. The van der Waals surface area contributed by atoms with Crippen LogP contribution in [0.15, 0.2) is 35.2 Å². The number of carbonyl (C=O) groups is 2. The maximum Gasteiger partial charge on any atom is 0.420 e. The van der Waals surface area contributed by atoms with Gasteiger partial charge in [0.25, 0.3) is 11.1 Å². The van der Waals surface area contributed by atoms with Crippen molar-refractivity contribution >= 4 is 43.5 Å². The van der Waals surface area contributed by atoms with Crippen LogP contribution < -0.4 is 10.1 Å². The van der Waals surface area contributed by atoms with Gasteiger partial charge in [-0.15, -0.1) is 0 Å². The standard InChI is InChI=1S/C15H10F3NO5S2/c1-24-10-5-2-7-6-8(3-4-9(7)11(10)15(16,17)18)26(22,23)13-12(20)19-14(21)25-13/h2-6,13H,1H3,(H,19,20,21). The maximum atomic E-state index is 13.3. The maximum absolute atomic E-state index is 13.3. The molecule has 2 amide bonds. The number of halogens is 3. The van der Waals surface area contributed by atoms with Crippen molar-refractivity contribution in [2.24, 2.45) is 0 Å². The van der Waals surface area contributed by atoms with Crippen molar-refractivity contribution < 1.29 is 35.9 Å². The number of imide groups is 1. The highest BCUT2D eigenvalue weighted by Gasteiger charge is 2.43. The number of amides is 2. The van der Waals surface area contributed by atoms with Gasteiger partial charge in [-0.2, -0.15) is 13.2 Å². The number of carbonyl (C=O) groups excluding carboxylic acids is 2. The summed E-state index contributed by atoms with van der Waals surface area (Å²) in [4.78, 5) is 22.5. The van der Waals surface area contributed by atoms with Gasteiger partial charge in [0.1, 0.15) is 11.3 Å². The number of methoxy groups -OCH3 is 1. The molecule has 0 radical (unpaired) electrons. The molecule has 0 spiro atoms. The Bertz CT molecular complexity index is 1030. The van der Waals surface area contributed by atoms with Crippen LogP contribution in [0.3, 0.4) is 0 Å². The van der Waals surface area contributed by atoms with Crippen molar-refractivity contribution in [1.29, 1.82) is 0 Å². The van der Waals surface area contributed by atoms with Crippen molar-refractivity contribution in [2.75, 3.05) is 7.11 Å². The van der Waals surface area contributed by atoms with E-state index in [0.717, 1.165) is 31.4 Å². The highest BCUT2D eigenvalue weighted by atomic mass is 32.3. The van der Waals surface area contributed by atoms with Crippen LogP contribution in [0, 0.1) is 0 Å². The molecule has 2 aromatic rings. The zero-order valence-electron chi connectivity index (χ0n) is 13.0. The first-order valence-electron chi connectivity index (χ1n) is 6.99. The van der Waals surface area contributed by atoms with Crippen LogP contribution in [0.1, 0.15) is 5.56 Å². The number of sulfone groups is 1. The molecule has 0 aliphatic carbocycles. The number of ether oxygens (including phenoxy) is 1. The van der Waals surface area contributed by atoms with Crippen molar-refractivity contribution in [3.8, 4) is 5.75 Å². The summed E-state index contributed by atoms with van der Waals surface area (Å²) in [5, 5.41) is 0.835. The van der Waals surface area contributed by atoms with Gasteiger partial charge >= 0.3 is 6.18 Å². The molecule has 11 heteroatoms. The van der Waals surface area contributed by atoms with E-state index in [9.17, 15) is 31.2 Å². The zero-order valence-corrected chi connectivity index (χ0v) is 14.6. The lowest BCUT2D eigenvalue weighted by Crippen LogP contribution is -2.30. The summed E-state index contributed by atoms with van der Waals surface area (Å²) in [5.74, 6) is -1.37. The van der Waals surface area contributed by atoms with E-state index in [-0.39, 0.29) is 15.7 Å². The molecule has 6 nitrogen and oxygen atoms in total. The quantitative estimate of drug-likeness (QED) is 0.845. The van der Waals surface area contributed by atoms with Gasteiger partial charge in [0.15, 0.2) is 14.4 Å². The molecule has 2 aromatic carbocycles. The fraction of sp³-hybridized carbons (Fsp3) is 0.200. The summed E-state index contributed by atoms with van der Waals surface area (Å²) >= 11 is 0.307. The molecule has 1 aliphatic rings. The molecule has 138 valence electrons. The van der Waals surface area contributed by atoms with Crippen LogP contribution in [0.4, 0.5) is 18.0 Å². The van der Waals surface area contributed by atoms with Crippen LogP contribution in [-0.2, 0) is 20.8 Å². The zero-order chi connectivity index (χ0) is 19.3. The number of thioether (sulfide) groups is 1. The second-order valence-corrected chi connectivity index (χ2v) is 8.70. The Balaban J connectivity index is 2.17. The van der Waals surface area contributed by atoms with E-state index in [1.807, 2.05) is 5.32 Å². The monoisotopic (exact) mass is 405 g/mol. The van der Waals surface area contributed by atoms with Crippen molar-refractivity contribution in [3.05, 3.63) is 35.9 Å². The number of rotatable bonds is 3. The van der Waals surface area contributed by atoms with Crippen LogP contribution in [-0.4, -0.2) is 31.3 Å². The van der Waals surface area contributed by atoms with Gasteiger partial charge in [-0.3, -0.25) is 14.9 Å². The van der Waals surface area contributed by atoms with Gasteiger partial charge in [-0.05, 0) is 40.7 Å². The molecule has 1 heterocycles. The minimum atomic E-state index is -4.71. The molecule has 1 unspecified atom stereocenters. The Hall–Kier alpha value is -2.27. The molecule has 1 fully saturated rings. The summed E-state index contributed by atoms with van der Waals surface area (Å²) in [6.07, 6.45) is -4.71. The molecule has 1 atom stereocenters. The summed E-state index contributed by atoms with van der Waals surface area (Å²) < 4.78 is 68.2. The first-order valence-corrected chi connectivity index (χ1v) is 9.41. The number of alkyl halides is 3. The third-order valence-electron chi connectivity index (χ3n) is 3.72. The van der Waals surface area contributed by atoms with Gasteiger partial charge in [-0.1, -0.05) is 12.1 Å². The Morgan fingerprint density at radius 2 is 1.85 bits per heavy atom. The summed E-state index contributed by atoms with van der Waals surface area (Å²) in [6.45, 7) is 0. The highest BCUT2D eigenvalue weighted by Crippen LogP contribution is 2.42. The van der Waals surface area contributed by atoms with Gasteiger partial charge in [-0.25, -0.2) is 8.42 Å².